The molecule has 10 aliphatic rings. The fraction of sp³-hybridized carbons (Fsp3) is 0.375. The SMILES string of the molecule is CC(C)(C(=O)c1ccccc1)[S+]1CCCC1.CCC(C)OC(=O)C12CC3CC(CC(C3)C1)C2.CCC(C)OC(=O)C1CC23CC(C(=O)O2)C1C3.CCCC1CC2CCC1C2.O=S(=O)([O-])c1c(F)c(F)c(F)c(F)c1F.c1ccc([S+](c2ccccc2)c2ccccc2)cc1.c1ccc([S+](c2ccccc2)c2ccccc2)cc1.c1ccc([S+](c2ccccc2)c2ccccc2)cc1. The smallest absolute Gasteiger partial charge is 0.312 e. The molecule has 20 heteroatoms. The highest BCUT2D eigenvalue weighted by Gasteiger charge is 2.67. The van der Waals surface area contributed by atoms with Gasteiger partial charge in [0.05, 0.1) is 62.1 Å². The van der Waals surface area contributed by atoms with Crippen molar-refractivity contribution in [3.05, 3.63) is 338 Å². The Morgan fingerprint density at radius 3 is 1.08 bits per heavy atom. The molecule has 9 atom stereocenters. The molecular formula is C112H124F5O10S5+3. The van der Waals surface area contributed by atoms with Crippen LogP contribution in [0.4, 0.5) is 22.0 Å². The van der Waals surface area contributed by atoms with Crippen molar-refractivity contribution in [2.75, 3.05) is 11.5 Å². The van der Waals surface area contributed by atoms with Crippen LogP contribution >= 0.6 is 0 Å². The Morgan fingerprint density at radius 1 is 0.447 bits per heavy atom. The van der Waals surface area contributed by atoms with Crippen LogP contribution in [0, 0.1) is 87.8 Å². The Hall–Kier alpha value is -9.54. The van der Waals surface area contributed by atoms with E-state index in [1.807, 2.05) is 51.1 Å². The molecule has 1 spiro atoms. The van der Waals surface area contributed by atoms with E-state index in [9.17, 15) is 54.1 Å². The molecule has 9 bridgehead atoms. The Labute approximate surface area is 790 Å². The summed E-state index contributed by atoms with van der Waals surface area (Å²) in [4.78, 5) is 58.4. The quantitative estimate of drug-likeness (QED) is 0.00993. The largest absolute Gasteiger partial charge is 0.744 e. The van der Waals surface area contributed by atoms with Gasteiger partial charge >= 0.3 is 17.9 Å². The topological polar surface area (TPSA) is 153 Å². The van der Waals surface area contributed by atoms with E-state index >= 15 is 0 Å². The van der Waals surface area contributed by atoms with Crippen molar-refractivity contribution in [3.63, 3.8) is 0 Å². The summed E-state index contributed by atoms with van der Waals surface area (Å²) >= 11 is 0. The van der Waals surface area contributed by atoms with Gasteiger partial charge in [0.25, 0.3) is 0 Å². The summed E-state index contributed by atoms with van der Waals surface area (Å²) in [6.07, 6.45) is 23.5. The van der Waals surface area contributed by atoms with Gasteiger partial charge in [-0.1, -0.05) is 234 Å². The molecule has 10 fully saturated rings. The van der Waals surface area contributed by atoms with Crippen molar-refractivity contribution in [2.24, 2.45) is 58.7 Å². The van der Waals surface area contributed by atoms with Gasteiger partial charge in [0.1, 0.15) is 32.1 Å². The molecule has 132 heavy (non-hydrogen) atoms. The molecule has 0 N–H and O–H groups in total. The van der Waals surface area contributed by atoms with Crippen LogP contribution < -0.4 is 0 Å². The number of carbonyl (C=O) groups excluding carboxylic acids is 4. The van der Waals surface area contributed by atoms with E-state index in [1.165, 1.54) is 101 Å². The number of rotatable bonds is 21. The first-order valence-corrected chi connectivity index (χ1v) is 53.4. The maximum Gasteiger partial charge on any atom is 0.312 e. The molecule has 21 rings (SSSR count). The first kappa shape index (κ1) is 99.9. The van der Waals surface area contributed by atoms with Gasteiger partial charge in [0, 0.05) is 29.3 Å². The average Bonchev–Trinajstić information content (AvgIpc) is 1.56. The van der Waals surface area contributed by atoms with Gasteiger partial charge < -0.3 is 18.8 Å². The highest BCUT2D eigenvalue weighted by molar-refractivity contribution is 7.99. The van der Waals surface area contributed by atoms with Gasteiger partial charge in [-0.2, -0.15) is 0 Å². The molecule has 2 heterocycles. The molecule has 2 saturated heterocycles. The van der Waals surface area contributed by atoms with Gasteiger partial charge in [-0.05, 0) is 268 Å². The number of fused-ring (bicyclic) bond motifs is 5. The second-order valence-corrected chi connectivity index (χ2v) is 46.9. The maximum atomic E-state index is 12.6. The van der Waals surface area contributed by atoms with Crippen LogP contribution in [0.2, 0.25) is 0 Å². The Balaban J connectivity index is 0.000000129. The molecule has 11 aromatic rings. The Kier molecular flexibility index (Phi) is 35.6. The summed E-state index contributed by atoms with van der Waals surface area (Å²) < 4.78 is 109. The molecule has 9 unspecified atom stereocenters. The Bertz CT molecular complexity index is 4980. The lowest BCUT2D eigenvalue weighted by atomic mass is 9.49. The second-order valence-electron chi connectivity index (χ2n) is 36.7. The van der Waals surface area contributed by atoms with Crippen LogP contribution in [0.1, 0.15) is 181 Å². The normalized spacial score (nSPS) is 22.8. The van der Waals surface area contributed by atoms with Gasteiger partial charge in [-0.3, -0.25) is 19.2 Å². The third-order valence-corrected chi connectivity index (χ3v) is 37.8. The lowest BCUT2D eigenvalue weighted by molar-refractivity contribution is -0.176. The van der Waals surface area contributed by atoms with E-state index in [0.29, 0.717) is 12.2 Å². The van der Waals surface area contributed by atoms with Crippen LogP contribution in [0.5, 0.6) is 0 Å². The van der Waals surface area contributed by atoms with Crippen LogP contribution in [-0.4, -0.2) is 70.7 Å². The monoisotopic (exact) mass is 1880 g/mol. The summed E-state index contributed by atoms with van der Waals surface area (Å²) in [7, 11) is -5.53. The summed E-state index contributed by atoms with van der Waals surface area (Å²) in [5.74, 6) is -4.18. The Morgan fingerprint density at radius 2 is 0.780 bits per heavy atom. The highest BCUT2D eigenvalue weighted by Crippen LogP contribution is 2.63. The van der Waals surface area contributed by atoms with Gasteiger partial charge in [0.15, 0.2) is 72.1 Å². The molecule has 0 aromatic heterocycles. The molecule has 10 nitrogen and oxygen atoms in total. The van der Waals surface area contributed by atoms with Crippen molar-refractivity contribution in [2.45, 2.75) is 242 Å². The van der Waals surface area contributed by atoms with E-state index in [0.717, 1.165) is 86.0 Å². The third-order valence-electron chi connectivity index (χ3n) is 27.1. The highest BCUT2D eigenvalue weighted by atomic mass is 32.2. The second kappa shape index (κ2) is 47.1. The number of hydrogen-bond donors (Lipinski definition) is 0. The molecule has 8 aliphatic carbocycles. The number of hydrogen-bond acceptors (Lipinski definition) is 10. The zero-order valence-corrected chi connectivity index (χ0v) is 80.7. The van der Waals surface area contributed by atoms with Crippen molar-refractivity contribution >= 4 is 77.4 Å². The van der Waals surface area contributed by atoms with Crippen molar-refractivity contribution in [1.82, 2.24) is 0 Å². The van der Waals surface area contributed by atoms with Crippen LogP contribution in [0.25, 0.3) is 0 Å². The van der Waals surface area contributed by atoms with E-state index in [1.54, 1.807) is 25.7 Å². The summed E-state index contributed by atoms with van der Waals surface area (Å²) in [6, 6.07) is 106. The zero-order chi connectivity index (χ0) is 93.5. The molecule has 2 aliphatic heterocycles. The van der Waals surface area contributed by atoms with Gasteiger partial charge in [-0.15, -0.1) is 0 Å². The van der Waals surface area contributed by atoms with Crippen LogP contribution in [-0.2, 0) is 82.3 Å². The van der Waals surface area contributed by atoms with E-state index in [-0.39, 0.29) is 107 Å². The fourth-order valence-corrected chi connectivity index (χ4v) is 30.4. The standard InChI is InChI=1S/3C18H15S.C15H24O2.C14H19OS.C13H18O4.C10H18.C6HF5O3S/c3*1-4-10-16(11-5-1)19(17-12-6-2-7-13-17)18-14-8-3-9-15-18;1-3-10(2)17-14(16)15-7-11-4-12(8-15)6-13(5-11)9-15;1-14(2,16-10-6-7-11-16)13(15)12-8-4-3-5-9-12;1-3-7(2)16-11(14)9-5-13-4-8(9)10(6-13)12(15)17-13;1-2-3-9-6-8-4-5-10(9)7-8;7-1-2(8)4(10)6(15(12,13)14)5(11)3(1)9/h3*1-15H;10-13H,3-9H2,1-2H3;3-5,8-9H,6-7,10-11H2,1-2H3;7-10H,3-6H2,1-2H3;8-10H,2-7H2,1H3;(H,12,13,14)/q3*+1;;+1;;;/p-1. The number of esters is 3. The van der Waals surface area contributed by atoms with Crippen LogP contribution in [0.3, 0.4) is 0 Å². The summed E-state index contributed by atoms with van der Waals surface area (Å²) in [6.45, 7) is 14.6. The van der Waals surface area contributed by atoms with Gasteiger partial charge in [0.2, 0.25) is 11.6 Å². The summed E-state index contributed by atoms with van der Waals surface area (Å²) in [5, 5.41) is 0. The van der Waals surface area contributed by atoms with Crippen molar-refractivity contribution in [1.29, 1.82) is 0 Å². The molecule has 0 amide bonds. The summed E-state index contributed by atoms with van der Waals surface area (Å²) in [5.41, 5.74) is 0.482. The minimum absolute atomic E-state index is 0.0146. The minimum atomic E-state index is -5.77. The van der Waals surface area contributed by atoms with Gasteiger partial charge in [-0.25, -0.2) is 30.4 Å². The number of Topliss-reactive ketones (excluding diaryl/α,β-unsaturated/α-hetero) is 1. The fourth-order valence-electron chi connectivity index (χ4n) is 20.8. The lowest BCUT2D eigenvalue weighted by Crippen LogP contribution is -2.51. The average molecular weight is 1890 g/mol. The predicted octanol–water partition coefficient (Wildman–Crippen LogP) is 27.1. The minimum Gasteiger partial charge on any atom is -0.744 e. The van der Waals surface area contributed by atoms with E-state index in [4.69, 9.17) is 14.2 Å². The first-order chi connectivity index (χ1) is 63.7. The van der Waals surface area contributed by atoms with E-state index < -0.39 is 44.1 Å². The van der Waals surface area contributed by atoms with Crippen molar-refractivity contribution in [3.8, 4) is 0 Å². The third kappa shape index (κ3) is 25.3. The molecule has 11 aromatic carbocycles. The number of ketones is 1. The van der Waals surface area contributed by atoms with Crippen LogP contribution in [0.15, 0.2) is 352 Å². The number of benzene rings is 11. The predicted molar refractivity (Wildman–Crippen MR) is 519 cm³/mol. The molecular weight excluding hydrogens is 1760 g/mol. The first-order valence-electron chi connectivity index (χ1n) is 46.8. The zero-order valence-electron chi connectivity index (χ0n) is 76.6. The number of carbonyl (C=O) groups is 4. The lowest BCUT2D eigenvalue weighted by Gasteiger charge is -2.55. The maximum absolute atomic E-state index is 12.6. The molecule has 694 valence electrons. The number of ether oxygens (including phenoxy) is 3. The number of halogens is 5. The van der Waals surface area contributed by atoms with E-state index in [2.05, 4.69) is 301 Å². The van der Waals surface area contributed by atoms with Crippen molar-refractivity contribution < 1.29 is 68.3 Å². The molecule has 8 saturated carbocycles. The molecule has 0 radical (unpaired) electrons.